The fourth-order valence-corrected chi connectivity index (χ4v) is 2.43. The van der Waals surface area contributed by atoms with Crippen LogP contribution in [-0.4, -0.2) is 29.2 Å². The monoisotopic (exact) mass is 332 g/mol. The number of ether oxygens (including phenoxy) is 1. The molecule has 2 atom stereocenters. The number of nitrogens with zero attached hydrogens (tertiary/aromatic N) is 1. The molecule has 2 unspecified atom stereocenters. The van der Waals surface area contributed by atoms with Crippen molar-refractivity contribution in [2.24, 2.45) is 0 Å². The molecule has 2 N–H and O–H groups in total. The highest BCUT2D eigenvalue weighted by atomic mass is 19.1. The minimum absolute atomic E-state index is 0.0686. The maximum Gasteiger partial charge on any atom is 0.339 e. The van der Waals surface area contributed by atoms with E-state index < -0.39 is 12.1 Å². The summed E-state index contributed by atoms with van der Waals surface area (Å²) < 4.78 is 17.6. The molecule has 2 rings (SSSR count). The second-order valence-electron chi connectivity index (χ2n) is 5.67. The largest absolute Gasteiger partial charge is 0.465 e. The maximum absolute atomic E-state index is 12.9. The van der Waals surface area contributed by atoms with Crippen LogP contribution < -0.4 is 5.32 Å². The topological polar surface area (TPSA) is 71.5 Å². The normalized spacial score (nSPS) is 13.2. The molecule has 24 heavy (non-hydrogen) atoms. The number of methoxy groups -OCH3 is 1. The average Bonchev–Trinajstić information content (AvgIpc) is 2.54. The predicted octanol–water partition coefficient (Wildman–Crippen LogP) is 3.24. The number of anilines is 1. The molecule has 0 aliphatic carbocycles. The summed E-state index contributed by atoms with van der Waals surface area (Å²) in [6.07, 6.45) is -0.269. The van der Waals surface area contributed by atoms with Crippen LogP contribution in [0.1, 0.15) is 41.1 Å². The highest BCUT2D eigenvalue weighted by Gasteiger charge is 2.15. The summed E-state index contributed by atoms with van der Waals surface area (Å²) in [4.78, 5) is 15.9. The van der Waals surface area contributed by atoms with Gasteiger partial charge in [0.25, 0.3) is 0 Å². The SMILES string of the molecule is COC(=O)c1ccc(NC(C)CC(O)c2ccc(F)cc2)nc1C. The average molecular weight is 332 g/mol. The Morgan fingerprint density at radius 1 is 1.29 bits per heavy atom. The van der Waals surface area contributed by atoms with Gasteiger partial charge >= 0.3 is 5.97 Å². The number of pyridine rings is 1. The van der Waals surface area contributed by atoms with Gasteiger partial charge in [-0.15, -0.1) is 0 Å². The van der Waals surface area contributed by atoms with Gasteiger partial charge < -0.3 is 15.2 Å². The highest BCUT2D eigenvalue weighted by molar-refractivity contribution is 5.90. The molecule has 5 nitrogen and oxygen atoms in total. The van der Waals surface area contributed by atoms with Crippen LogP contribution in [0.15, 0.2) is 36.4 Å². The molecule has 2 aromatic rings. The van der Waals surface area contributed by atoms with Gasteiger partial charge in [0.1, 0.15) is 11.6 Å². The number of aryl methyl sites for hydroxylation is 1. The Balaban J connectivity index is 1.99. The Bertz CT molecular complexity index is 704. The van der Waals surface area contributed by atoms with E-state index in [-0.39, 0.29) is 11.9 Å². The van der Waals surface area contributed by atoms with Crippen LogP contribution in [0.25, 0.3) is 0 Å². The fraction of sp³-hybridized carbons (Fsp3) is 0.333. The molecular formula is C18H21FN2O3. The Hall–Kier alpha value is -2.47. The molecule has 0 spiro atoms. The van der Waals surface area contributed by atoms with Crippen LogP contribution in [0.5, 0.6) is 0 Å². The van der Waals surface area contributed by atoms with Gasteiger partial charge in [-0.3, -0.25) is 0 Å². The molecular weight excluding hydrogens is 311 g/mol. The minimum atomic E-state index is -0.705. The summed E-state index contributed by atoms with van der Waals surface area (Å²) in [7, 11) is 1.33. The third-order valence-electron chi connectivity index (χ3n) is 3.72. The Labute approximate surface area is 140 Å². The Kier molecular flexibility index (Phi) is 5.87. The first kappa shape index (κ1) is 17.9. The molecule has 0 saturated heterocycles. The number of hydrogen-bond donors (Lipinski definition) is 2. The molecule has 128 valence electrons. The van der Waals surface area contributed by atoms with Crippen LogP contribution in [0.2, 0.25) is 0 Å². The molecule has 0 aliphatic rings. The van der Waals surface area contributed by atoms with Crippen molar-refractivity contribution in [3.8, 4) is 0 Å². The second-order valence-corrected chi connectivity index (χ2v) is 5.67. The van der Waals surface area contributed by atoms with Crippen molar-refractivity contribution in [2.45, 2.75) is 32.4 Å². The molecule has 0 aliphatic heterocycles. The zero-order valence-corrected chi connectivity index (χ0v) is 13.9. The van der Waals surface area contributed by atoms with E-state index in [2.05, 4.69) is 15.0 Å². The molecule has 1 aromatic heterocycles. The second kappa shape index (κ2) is 7.88. The lowest BCUT2D eigenvalue weighted by atomic mass is 10.0. The molecule has 1 aromatic carbocycles. The number of rotatable bonds is 6. The number of benzene rings is 1. The highest BCUT2D eigenvalue weighted by Crippen LogP contribution is 2.20. The lowest BCUT2D eigenvalue weighted by Crippen LogP contribution is -2.20. The van der Waals surface area contributed by atoms with Gasteiger partial charge in [-0.25, -0.2) is 14.2 Å². The van der Waals surface area contributed by atoms with Crippen LogP contribution in [0.4, 0.5) is 10.2 Å². The number of carbonyl (C=O) groups is 1. The van der Waals surface area contributed by atoms with Crippen molar-refractivity contribution in [2.75, 3.05) is 12.4 Å². The number of hydrogen-bond acceptors (Lipinski definition) is 5. The summed E-state index contributed by atoms with van der Waals surface area (Å²) >= 11 is 0. The summed E-state index contributed by atoms with van der Waals surface area (Å²) in [6, 6.07) is 9.07. The Morgan fingerprint density at radius 3 is 2.54 bits per heavy atom. The van der Waals surface area contributed by atoms with Crippen LogP contribution in [0, 0.1) is 12.7 Å². The van der Waals surface area contributed by atoms with Crippen LogP contribution in [0.3, 0.4) is 0 Å². The van der Waals surface area contributed by atoms with E-state index >= 15 is 0 Å². The first-order valence-electron chi connectivity index (χ1n) is 7.66. The quantitative estimate of drug-likeness (QED) is 0.795. The first-order valence-corrected chi connectivity index (χ1v) is 7.66. The van der Waals surface area contributed by atoms with Crippen molar-refractivity contribution >= 4 is 11.8 Å². The van der Waals surface area contributed by atoms with Crippen molar-refractivity contribution in [1.82, 2.24) is 4.98 Å². The smallest absolute Gasteiger partial charge is 0.339 e. The molecule has 1 heterocycles. The van der Waals surface area contributed by atoms with Crippen molar-refractivity contribution < 1.29 is 19.0 Å². The number of aliphatic hydroxyl groups is 1. The van der Waals surface area contributed by atoms with E-state index in [1.807, 2.05) is 6.92 Å². The lowest BCUT2D eigenvalue weighted by molar-refractivity contribution is 0.0599. The lowest BCUT2D eigenvalue weighted by Gasteiger charge is -2.19. The minimum Gasteiger partial charge on any atom is -0.465 e. The Morgan fingerprint density at radius 2 is 1.96 bits per heavy atom. The van der Waals surface area contributed by atoms with Crippen molar-refractivity contribution in [3.63, 3.8) is 0 Å². The van der Waals surface area contributed by atoms with E-state index in [0.717, 1.165) is 0 Å². The van der Waals surface area contributed by atoms with E-state index in [1.165, 1.54) is 19.2 Å². The van der Waals surface area contributed by atoms with Crippen molar-refractivity contribution in [1.29, 1.82) is 0 Å². The van der Waals surface area contributed by atoms with E-state index in [1.54, 1.807) is 31.2 Å². The van der Waals surface area contributed by atoms with Crippen molar-refractivity contribution in [3.05, 3.63) is 59.0 Å². The third-order valence-corrected chi connectivity index (χ3v) is 3.72. The zero-order valence-electron chi connectivity index (χ0n) is 13.9. The molecule has 0 fully saturated rings. The number of esters is 1. The van der Waals surface area contributed by atoms with E-state index in [9.17, 15) is 14.3 Å². The van der Waals surface area contributed by atoms with Gasteiger partial charge in [0.05, 0.1) is 24.5 Å². The molecule has 0 bridgehead atoms. The molecule has 0 saturated carbocycles. The molecule has 6 heteroatoms. The van der Waals surface area contributed by atoms with E-state index in [0.29, 0.717) is 29.1 Å². The molecule has 0 radical (unpaired) electrons. The number of nitrogens with one attached hydrogen (secondary N) is 1. The number of halogens is 1. The maximum atomic E-state index is 12.9. The van der Waals surface area contributed by atoms with Crippen LogP contribution in [-0.2, 0) is 4.74 Å². The zero-order chi connectivity index (χ0) is 17.7. The number of aromatic nitrogens is 1. The number of aliphatic hydroxyl groups excluding tert-OH is 1. The van der Waals surface area contributed by atoms with Crippen LogP contribution >= 0.6 is 0 Å². The van der Waals surface area contributed by atoms with Gasteiger partial charge in [-0.2, -0.15) is 0 Å². The number of carbonyl (C=O) groups excluding carboxylic acids is 1. The summed E-state index contributed by atoms with van der Waals surface area (Å²) in [5.74, 6) is -0.146. The molecule has 0 amide bonds. The van der Waals surface area contributed by atoms with Gasteiger partial charge in [0.2, 0.25) is 0 Å². The van der Waals surface area contributed by atoms with Gasteiger partial charge in [-0.1, -0.05) is 12.1 Å². The summed E-state index contributed by atoms with van der Waals surface area (Å²) in [5, 5.41) is 13.4. The first-order chi connectivity index (χ1) is 11.4. The predicted molar refractivity (Wildman–Crippen MR) is 89.4 cm³/mol. The van der Waals surface area contributed by atoms with Gasteiger partial charge in [0, 0.05) is 6.04 Å². The summed E-state index contributed by atoms with van der Waals surface area (Å²) in [5.41, 5.74) is 1.65. The van der Waals surface area contributed by atoms with Gasteiger partial charge in [0.15, 0.2) is 0 Å². The fourth-order valence-electron chi connectivity index (χ4n) is 2.43. The third kappa shape index (κ3) is 4.52. The standard InChI is InChI=1S/C18H21FN2O3/c1-11(10-16(22)13-4-6-14(19)7-5-13)20-17-9-8-15(12(2)21-17)18(23)24-3/h4-9,11,16,22H,10H2,1-3H3,(H,20,21). The summed E-state index contributed by atoms with van der Waals surface area (Å²) in [6.45, 7) is 3.65. The van der Waals surface area contributed by atoms with E-state index in [4.69, 9.17) is 0 Å². The van der Waals surface area contributed by atoms with Gasteiger partial charge in [-0.05, 0) is 50.1 Å².